The van der Waals surface area contributed by atoms with Crippen LogP contribution in [0, 0.1) is 5.92 Å². The van der Waals surface area contributed by atoms with Crippen molar-refractivity contribution in [2.24, 2.45) is 5.92 Å². The number of nitrogens with one attached hydrogen (secondary N) is 1. The Morgan fingerprint density at radius 2 is 1.92 bits per heavy atom. The van der Waals surface area contributed by atoms with E-state index in [2.05, 4.69) is 37.2 Å². The molecule has 0 spiro atoms. The first-order valence-electron chi connectivity index (χ1n) is 8.44. The van der Waals surface area contributed by atoms with Crippen LogP contribution in [-0.4, -0.2) is 55.5 Å². The van der Waals surface area contributed by atoms with Gasteiger partial charge in [0, 0.05) is 50.2 Å². The number of hydrogen-bond acceptors (Lipinski definition) is 3. The smallest absolute Gasteiger partial charge is 0.223 e. The maximum atomic E-state index is 12.3. The van der Waals surface area contributed by atoms with Crippen LogP contribution in [0.2, 0.25) is 5.02 Å². The van der Waals surface area contributed by atoms with Crippen molar-refractivity contribution in [3.8, 4) is 0 Å². The molecular formula is C18H29Cl2N3O. The van der Waals surface area contributed by atoms with E-state index in [1.165, 1.54) is 0 Å². The maximum absolute atomic E-state index is 12.3. The molecule has 2 rings (SSSR count). The third-order valence-corrected chi connectivity index (χ3v) is 4.82. The number of piperazine rings is 1. The fourth-order valence-electron chi connectivity index (χ4n) is 3.30. The number of carbonyl (C=O) groups excluding carboxylic acids is 1. The van der Waals surface area contributed by atoms with E-state index >= 15 is 0 Å². The molecule has 1 amide bonds. The minimum absolute atomic E-state index is 0. The van der Waals surface area contributed by atoms with Crippen LogP contribution in [0.25, 0.3) is 0 Å². The predicted molar refractivity (Wildman–Crippen MR) is 103 cm³/mol. The van der Waals surface area contributed by atoms with E-state index in [4.69, 9.17) is 11.6 Å². The van der Waals surface area contributed by atoms with E-state index in [-0.39, 0.29) is 24.4 Å². The van der Waals surface area contributed by atoms with E-state index in [1.54, 1.807) is 0 Å². The quantitative estimate of drug-likeness (QED) is 0.831. The van der Waals surface area contributed by atoms with E-state index < -0.39 is 0 Å². The number of carbonyl (C=O) groups is 1. The zero-order valence-electron chi connectivity index (χ0n) is 14.8. The summed E-state index contributed by atoms with van der Waals surface area (Å²) in [7, 11) is 2.08. The molecule has 1 unspecified atom stereocenters. The van der Waals surface area contributed by atoms with E-state index in [0.29, 0.717) is 12.3 Å². The summed E-state index contributed by atoms with van der Waals surface area (Å²) in [6.45, 7) is 8.58. The van der Waals surface area contributed by atoms with Gasteiger partial charge in [-0.1, -0.05) is 43.6 Å². The highest BCUT2D eigenvalue weighted by Crippen LogP contribution is 2.32. The zero-order valence-corrected chi connectivity index (χ0v) is 16.4. The Hall–Kier alpha value is -0.810. The summed E-state index contributed by atoms with van der Waals surface area (Å²) in [5, 5.41) is 4.07. The fraction of sp³-hybridized carbons (Fsp3) is 0.611. The highest BCUT2D eigenvalue weighted by molar-refractivity contribution is 6.31. The second-order valence-corrected chi connectivity index (χ2v) is 6.98. The number of halogens is 2. The lowest BCUT2D eigenvalue weighted by Gasteiger charge is -2.33. The van der Waals surface area contributed by atoms with Gasteiger partial charge in [-0.15, -0.1) is 12.4 Å². The maximum Gasteiger partial charge on any atom is 0.223 e. The van der Waals surface area contributed by atoms with Crippen LogP contribution >= 0.6 is 24.0 Å². The minimum Gasteiger partial charge on any atom is -0.340 e. The molecular weight excluding hydrogens is 345 g/mol. The molecule has 24 heavy (non-hydrogen) atoms. The van der Waals surface area contributed by atoms with E-state index in [9.17, 15) is 4.79 Å². The second-order valence-electron chi connectivity index (χ2n) is 6.57. The molecule has 1 atom stereocenters. The summed E-state index contributed by atoms with van der Waals surface area (Å²) in [5.41, 5.74) is 1.14. The Labute approximate surface area is 156 Å². The SMILES string of the molecule is CC(C)C(c1ccccc1Cl)N(C)CCC(=O)N1CCNCC1.Cl. The Bertz CT molecular complexity index is 519. The molecule has 0 bridgehead atoms. The summed E-state index contributed by atoms with van der Waals surface area (Å²) < 4.78 is 0. The second kappa shape index (κ2) is 10.2. The first-order valence-corrected chi connectivity index (χ1v) is 8.81. The van der Waals surface area contributed by atoms with Crippen molar-refractivity contribution in [3.05, 3.63) is 34.9 Å². The molecule has 1 heterocycles. The number of benzene rings is 1. The van der Waals surface area contributed by atoms with Crippen LogP contribution in [0.1, 0.15) is 31.9 Å². The average Bonchev–Trinajstić information content (AvgIpc) is 2.55. The lowest BCUT2D eigenvalue weighted by atomic mass is 9.94. The van der Waals surface area contributed by atoms with E-state index in [0.717, 1.165) is 43.3 Å². The van der Waals surface area contributed by atoms with Crippen molar-refractivity contribution < 1.29 is 4.79 Å². The van der Waals surface area contributed by atoms with Gasteiger partial charge < -0.3 is 10.2 Å². The molecule has 1 fully saturated rings. The van der Waals surface area contributed by atoms with Crippen LogP contribution < -0.4 is 5.32 Å². The third-order valence-electron chi connectivity index (χ3n) is 4.48. The molecule has 0 aliphatic carbocycles. The monoisotopic (exact) mass is 373 g/mol. The van der Waals surface area contributed by atoms with Gasteiger partial charge in [0.15, 0.2) is 0 Å². The Morgan fingerprint density at radius 3 is 2.50 bits per heavy atom. The van der Waals surface area contributed by atoms with Gasteiger partial charge >= 0.3 is 0 Å². The summed E-state index contributed by atoms with van der Waals surface area (Å²) in [6, 6.07) is 8.22. The van der Waals surface area contributed by atoms with Gasteiger partial charge in [-0.25, -0.2) is 0 Å². The van der Waals surface area contributed by atoms with Crippen LogP contribution in [0.3, 0.4) is 0 Å². The normalized spacial score (nSPS) is 16.2. The molecule has 0 radical (unpaired) electrons. The lowest BCUT2D eigenvalue weighted by molar-refractivity contribution is -0.132. The Kier molecular flexibility index (Phi) is 9.06. The van der Waals surface area contributed by atoms with Crippen LogP contribution in [-0.2, 0) is 4.79 Å². The average molecular weight is 374 g/mol. The fourth-order valence-corrected chi connectivity index (χ4v) is 3.55. The summed E-state index contributed by atoms with van der Waals surface area (Å²) in [4.78, 5) is 16.6. The molecule has 0 aromatic heterocycles. The summed E-state index contributed by atoms with van der Waals surface area (Å²) >= 11 is 6.38. The molecule has 1 aromatic rings. The minimum atomic E-state index is 0. The van der Waals surface area contributed by atoms with Gasteiger partial charge in [-0.2, -0.15) is 0 Å². The molecule has 1 aliphatic heterocycles. The number of rotatable bonds is 6. The van der Waals surface area contributed by atoms with Gasteiger partial charge in [0.2, 0.25) is 5.91 Å². The molecule has 1 N–H and O–H groups in total. The first-order chi connectivity index (χ1) is 11.0. The van der Waals surface area contributed by atoms with Gasteiger partial charge in [-0.3, -0.25) is 9.69 Å². The molecule has 0 saturated carbocycles. The first kappa shape index (κ1) is 21.2. The lowest BCUT2D eigenvalue weighted by Crippen LogP contribution is -2.47. The molecule has 1 saturated heterocycles. The highest BCUT2D eigenvalue weighted by atomic mass is 35.5. The van der Waals surface area contributed by atoms with Crippen LogP contribution in [0.4, 0.5) is 0 Å². The molecule has 4 nitrogen and oxygen atoms in total. The number of nitrogens with zero attached hydrogens (tertiary/aromatic N) is 2. The van der Waals surface area contributed by atoms with Gasteiger partial charge in [0.05, 0.1) is 0 Å². The number of hydrogen-bond donors (Lipinski definition) is 1. The standard InChI is InChI=1S/C18H28ClN3O.ClH/c1-14(2)18(15-6-4-5-7-16(15)19)21(3)11-8-17(23)22-12-9-20-10-13-22;/h4-7,14,18,20H,8-13H2,1-3H3;1H. The van der Waals surface area contributed by atoms with Crippen molar-refractivity contribution in [3.63, 3.8) is 0 Å². The predicted octanol–water partition coefficient (Wildman–Crippen LogP) is 3.21. The van der Waals surface area contributed by atoms with Crippen LogP contribution in [0.15, 0.2) is 24.3 Å². The van der Waals surface area contributed by atoms with Gasteiger partial charge in [-0.05, 0) is 24.6 Å². The summed E-state index contributed by atoms with van der Waals surface area (Å²) in [6.07, 6.45) is 0.560. The zero-order chi connectivity index (χ0) is 16.8. The topological polar surface area (TPSA) is 35.6 Å². The Morgan fingerprint density at radius 1 is 1.29 bits per heavy atom. The Balaban J connectivity index is 0.00000288. The van der Waals surface area contributed by atoms with Crippen LogP contribution in [0.5, 0.6) is 0 Å². The van der Waals surface area contributed by atoms with Crippen molar-refractivity contribution in [2.75, 3.05) is 39.8 Å². The van der Waals surface area contributed by atoms with Crippen molar-refractivity contribution >= 4 is 29.9 Å². The van der Waals surface area contributed by atoms with Crippen molar-refractivity contribution in [1.82, 2.24) is 15.1 Å². The molecule has 6 heteroatoms. The van der Waals surface area contributed by atoms with Gasteiger partial charge in [0.25, 0.3) is 0 Å². The molecule has 136 valence electrons. The molecule has 1 aliphatic rings. The number of amides is 1. The van der Waals surface area contributed by atoms with Gasteiger partial charge in [0.1, 0.15) is 0 Å². The van der Waals surface area contributed by atoms with Crippen molar-refractivity contribution in [1.29, 1.82) is 0 Å². The highest BCUT2D eigenvalue weighted by Gasteiger charge is 2.24. The largest absolute Gasteiger partial charge is 0.340 e. The molecule has 1 aromatic carbocycles. The third kappa shape index (κ3) is 5.62. The van der Waals surface area contributed by atoms with E-state index in [1.807, 2.05) is 23.1 Å². The van der Waals surface area contributed by atoms with Crippen molar-refractivity contribution in [2.45, 2.75) is 26.3 Å². The summed E-state index contributed by atoms with van der Waals surface area (Å²) in [5.74, 6) is 0.675.